The summed E-state index contributed by atoms with van der Waals surface area (Å²) in [7, 11) is -3.55. The normalized spacial score (nSPS) is 16.3. The number of fused-ring (bicyclic) bond motifs is 1. The fourth-order valence-electron chi connectivity index (χ4n) is 3.21. The second-order valence-electron chi connectivity index (χ2n) is 6.58. The van der Waals surface area contributed by atoms with E-state index in [1.54, 1.807) is 17.8 Å². The van der Waals surface area contributed by atoms with Crippen LogP contribution in [0, 0.1) is 5.92 Å². The maximum atomic E-state index is 12.7. The van der Waals surface area contributed by atoms with E-state index in [-0.39, 0.29) is 16.0 Å². The highest BCUT2D eigenvalue weighted by molar-refractivity contribution is 7.98. The average Bonchev–Trinajstić information content (AvgIpc) is 3.33. The number of rotatable bonds is 5. The standard InChI is InChI=1S/C18H18ClN3O3S4/c1-26-12-2-3-13-14(10-12)27-18(20-13)21-17(23)11-6-8-22(9-7-11)29(24,25)16-5-4-15(19)28-16/h2-5,10-11H,6-9H2,1H3,(H,20,21,23). The number of benzene rings is 1. The van der Waals surface area contributed by atoms with Gasteiger partial charge >= 0.3 is 0 Å². The fraction of sp³-hybridized carbons (Fsp3) is 0.333. The summed E-state index contributed by atoms with van der Waals surface area (Å²) in [6.45, 7) is 0.625. The number of amides is 1. The first-order valence-electron chi connectivity index (χ1n) is 8.88. The Morgan fingerprint density at radius 3 is 2.66 bits per heavy atom. The Morgan fingerprint density at radius 2 is 2.00 bits per heavy atom. The molecule has 0 saturated carbocycles. The largest absolute Gasteiger partial charge is 0.302 e. The highest BCUT2D eigenvalue weighted by Gasteiger charge is 2.33. The predicted octanol–water partition coefficient (Wildman–Crippen LogP) is 4.77. The number of thiophene rings is 1. The lowest BCUT2D eigenvalue weighted by Crippen LogP contribution is -2.41. The Kier molecular flexibility index (Phi) is 6.19. The van der Waals surface area contributed by atoms with Crippen LogP contribution in [0.15, 0.2) is 39.4 Å². The Hall–Kier alpha value is -1.17. The van der Waals surface area contributed by atoms with Gasteiger partial charge < -0.3 is 5.32 Å². The van der Waals surface area contributed by atoms with Crippen molar-refractivity contribution in [2.24, 2.45) is 5.92 Å². The molecule has 1 saturated heterocycles. The van der Waals surface area contributed by atoms with E-state index in [9.17, 15) is 13.2 Å². The monoisotopic (exact) mass is 487 g/mol. The number of sulfonamides is 1. The summed E-state index contributed by atoms with van der Waals surface area (Å²) in [4.78, 5) is 18.3. The van der Waals surface area contributed by atoms with Crippen LogP contribution in [0.3, 0.4) is 0 Å². The van der Waals surface area contributed by atoms with Gasteiger partial charge in [0.1, 0.15) is 4.21 Å². The molecule has 0 spiro atoms. The minimum Gasteiger partial charge on any atom is -0.302 e. The summed E-state index contributed by atoms with van der Waals surface area (Å²) in [6.07, 6.45) is 2.97. The van der Waals surface area contributed by atoms with E-state index in [0.29, 0.717) is 35.4 Å². The number of nitrogens with one attached hydrogen (secondary N) is 1. The molecule has 2 aromatic heterocycles. The van der Waals surface area contributed by atoms with Gasteiger partial charge in [-0.2, -0.15) is 4.31 Å². The molecule has 0 atom stereocenters. The molecule has 11 heteroatoms. The van der Waals surface area contributed by atoms with Gasteiger partial charge in [-0.1, -0.05) is 22.9 Å². The second kappa shape index (κ2) is 8.52. The summed E-state index contributed by atoms with van der Waals surface area (Å²) < 4.78 is 28.5. The van der Waals surface area contributed by atoms with E-state index >= 15 is 0 Å². The molecule has 1 amide bonds. The molecule has 1 fully saturated rings. The predicted molar refractivity (Wildman–Crippen MR) is 121 cm³/mol. The Labute approximate surface area is 186 Å². The second-order valence-corrected chi connectivity index (χ2v) is 12.4. The first kappa shape index (κ1) is 21.1. The Bertz CT molecular complexity index is 1150. The molecule has 1 N–H and O–H groups in total. The molecular weight excluding hydrogens is 470 g/mol. The zero-order valence-electron chi connectivity index (χ0n) is 15.4. The van der Waals surface area contributed by atoms with Crippen LogP contribution in [-0.2, 0) is 14.8 Å². The van der Waals surface area contributed by atoms with Crippen molar-refractivity contribution in [2.45, 2.75) is 21.9 Å². The van der Waals surface area contributed by atoms with Crippen molar-refractivity contribution >= 4 is 77.3 Å². The van der Waals surface area contributed by atoms with Crippen molar-refractivity contribution < 1.29 is 13.2 Å². The van der Waals surface area contributed by atoms with Crippen LogP contribution in [0.25, 0.3) is 10.2 Å². The third-order valence-corrected chi connectivity index (χ3v) is 10.0. The lowest BCUT2D eigenvalue weighted by atomic mass is 9.97. The van der Waals surface area contributed by atoms with Gasteiger partial charge in [-0.25, -0.2) is 13.4 Å². The van der Waals surface area contributed by atoms with Crippen molar-refractivity contribution in [3.05, 3.63) is 34.7 Å². The van der Waals surface area contributed by atoms with Crippen LogP contribution in [0.4, 0.5) is 5.13 Å². The summed E-state index contributed by atoms with van der Waals surface area (Å²) in [5.41, 5.74) is 0.860. The summed E-state index contributed by atoms with van der Waals surface area (Å²) in [6, 6.07) is 9.13. The van der Waals surface area contributed by atoms with Crippen LogP contribution in [0.2, 0.25) is 4.34 Å². The maximum Gasteiger partial charge on any atom is 0.252 e. The van der Waals surface area contributed by atoms with Crippen molar-refractivity contribution in [1.29, 1.82) is 0 Å². The van der Waals surface area contributed by atoms with E-state index in [4.69, 9.17) is 11.6 Å². The van der Waals surface area contributed by atoms with Crippen molar-refractivity contribution in [3.8, 4) is 0 Å². The van der Waals surface area contributed by atoms with Crippen LogP contribution in [-0.4, -0.2) is 43.0 Å². The molecule has 0 bridgehead atoms. The zero-order valence-corrected chi connectivity index (χ0v) is 19.4. The van der Waals surface area contributed by atoms with E-state index in [2.05, 4.69) is 16.4 Å². The van der Waals surface area contributed by atoms with Crippen molar-refractivity contribution in [2.75, 3.05) is 24.7 Å². The molecule has 154 valence electrons. The minimum absolute atomic E-state index is 0.106. The molecular formula is C18H18ClN3O3S4. The van der Waals surface area contributed by atoms with Crippen LogP contribution in [0.1, 0.15) is 12.8 Å². The molecule has 1 aliphatic heterocycles. The van der Waals surface area contributed by atoms with Gasteiger partial charge in [0.2, 0.25) is 5.91 Å². The van der Waals surface area contributed by atoms with E-state index in [1.165, 1.54) is 21.7 Å². The molecule has 3 heterocycles. The number of anilines is 1. The molecule has 4 rings (SSSR count). The number of halogens is 1. The number of thiazole rings is 1. The van der Waals surface area contributed by atoms with Crippen molar-refractivity contribution in [3.63, 3.8) is 0 Å². The molecule has 0 unspecified atom stereocenters. The number of hydrogen-bond acceptors (Lipinski definition) is 7. The maximum absolute atomic E-state index is 12.7. The van der Waals surface area contributed by atoms with Gasteiger partial charge in [0.15, 0.2) is 5.13 Å². The highest BCUT2D eigenvalue weighted by Crippen LogP contribution is 2.32. The lowest BCUT2D eigenvalue weighted by Gasteiger charge is -2.29. The minimum atomic E-state index is -3.55. The quantitative estimate of drug-likeness (QED) is 0.524. The first-order valence-corrected chi connectivity index (χ1v) is 13.6. The third-order valence-electron chi connectivity index (χ3n) is 4.79. The lowest BCUT2D eigenvalue weighted by molar-refractivity contribution is -0.120. The van der Waals surface area contributed by atoms with Gasteiger partial charge in [0.05, 0.1) is 14.6 Å². The fourth-order valence-corrected chi connectivity index (χ4v) is 7.74. The highest BCUT2D eigenvalue weighted by atomic mass is 35.5. The topological polar surface area (TPSA) is 79.4 Å². The van der Waals surface area contributed by atoms with E-state index in [0.717, 1.165) is 26.4 Å². The molecule has 0 aliphatic carbocycles. The molecule has 0 radical (unpaired) electrons. The molecule has 3 aromatic rings. The summed E-state index contributed by atoms with van der Waals surface area (Å²) in [5.74, 6) is -0.340. The molecule has 1 aromatic carbocycles. The Balaban J connectivity index is 1.39. The number of hydrogen-bond donors (Lipinski definition) is 1. The van der Waals surface area contributed by atoms with Gasteiger partial charge in [-0.3, -0.25) is 4.79 Å². The smallest absolute Gasteiger partial charge is 0.252 e. The Morgan fingerprint density at radius 1 is 1.24 bits per heavy atom. The van der Waals surface area contributed by atoms with Gasteiger partial charge in [-0.15, -0.1) is 23.1 Å². The number of piperidine rings is 1. The SMILES string of the molecule is CSc1ccc2nc(NC(=O)C3CCN(S(=O)(=O)c4ccc(Cl)s4)CC3)sc2c1. The van der Waals surface area contributed by atoms with Crippen LogP contribution in [0.5, 0.6) is 0 Å². The molecule has 1 aliphatic rings. The van der Waals surface area contributed by atoms with Gasteiger partial charge in [-0.05, 0) is 49.4 Å². The van der Waals surface area contributed by atoms with E-state index < -0.39 is 10.0 Å². The summed E-state index contributed by atoms with van der Waals surface area (Å²) >= 11 is 10.0. The van der Waals surface area contributed by atoms with Crippen LogP contribution < -0.4 is 5.32 Å². The first-order chi connectivity index (χ1) is 13.9. The van der Waals surface area contributed by atoms with Crippen molar-refractivity contribution in [1.82, 2.24) is 9.29 Å². The number of nitrogens with zero attached hydrogens (tertiary/aromatic N) is 2. The van der Waals surface area contributed by atoms with E-state index in [1.807, 2.05) is 18.4 Å². The van der Waals surface area contributed by atoms with Gasteiger partial charge in [0, 0.05) is 23.9 Å². The van der Waals surface area contributed by atoms with Crippen LogP contribution >= 0.6 is 46.0 Å². The summed E-state index contributed by atoms with van der Waals surface area (Å²) in [5, 5.41) is 3.48. The van der Waals surface area contributed by atoms with Gasteiger partial charge in [0.25, 0.3) is 10.0 Å². The molecule has 6 nitrogen and oxygen atoms in total. The average molecular weight is 488 g/mol. The number of thioether (sulfide) groups is 1. The number of carbonyl (C=O) groups excluding carboxylic acids is 1. The zero-order chi connectivity index (χ0) is 20.6. The number of carbonyl (C=O) groups is 1. The number of aromatic nitrogens is 1. The molecule has 29 heavy (non-hydrogen) atoms. The third kappa shape index (κ3) is 4.47.